The van der Waals surface area contributed by atoms with E-state index in [4.69, 9.17) is 0 Å². The minimum Gasteiger partial charge on any atom is -0.300 e. The summed E-state index contributed by atoms with van der Waals surface area (Å²) >= 11 is 0. The van der Waals surface area contributed by atoms with Crippen molar-refractivity contribution in [2.45, 2.75) is 52.4 Å². The van der Waals surface area contributed by atoms with Gasteiger partial charge in [-0.05, 0) is 25.2 Å². The summed E-state index contributed by atoms with van der Waals surface area (Å²) in [5, 5.41) is 10.1. The Kier molecular flexibility index (Phi) is 8.00. The van der Waals surface area contributed by atoms with E-state index in [0.29, 0.717) is 18.1 Å². The van der Waals surface area contributed by atoms with Gasteiger partial charge in [0.1, 0.15) is 5.78 Å². The van der Waals surface area contributed by atoms with Gasteiger partial charge in [0.2, 0.25) is 0 Å². The summed E-state index contributed by atoms with van der Waals surface area (Å²) < 4.78 is 0. The van der Waals surface area contributed by atoms with Crippen LogP contribution in [-0.4, -0.2) is 12.4 Å². The van der Waals surface area contributed by atoms with Crippen LogP contribution in [0.3, 0.4) is 0 Å². The molecule has 13 heavy (non-hydrogen) atoms. The number of rotatable bonds is 8. The van der Waals surface area contributed by atoms with Gasteiger partial charge in [-0.2, -0.15) is 0 Å². The van der Waals surface area contributed by atoms with Gasteiger partial charge in [-0.25, -0.2) is 5.11 Å². The van der Waals surface area contributed by atoms with Gasteiger partial charge in [-0.15, -0.1) is 0 Å². The lowest BCUT2D eigenvalue weighted by atomic mass is 10.0. The Morgan fingerprint density at radius 1 is 1.08 bits per heavy atom. The molecule has 0 fully saturated rings. The lowest BCUT2D eigenvalue weighted by Gasteiger charge is -2.03. The highest BCUT2D eigenvalue weighted by atomic mass is 16.2. The van der Waals surface area contributed by atoms with Crippen LogP contribution in [0.25, 0.3) is 0 Å². The molecule has 0 rings (SSSR count). The van der Waals surface area contributed by atoms with Gasteiger partial charge in [0, 0.05) is 12.8 Å². The largest absolute Gasteiger partial charge is 0.300 e. The average molecular weight is 185 g/mol. The molecule has 0 aromatic heterocycles. The maximum atomic E-state index is 11.2. The Bertz CT molecular complexity index is 130. The molecule has 0 aliphatic carbocycles. The molecule has 0 spiro atoms. The van der Waals surface area contributed by atoms with E-state index >= 15 is 0 Å². The van der Waals surface area contributed by atoms with Crippen molar-refractivity contribution < 1.29 is 9.90 Å². The molecule has 2 heteroatoms. The summed E-state index contributed by atoms with van der Waals surface area (Å²) in [5.41, 5.74) is 0. The van der Waals surface area contributed by atoms with E-state index in [9.17, 15) is 9.90 Å². The smallest absolute Gasteiger partial charge is 0.132 e. The van der Waals surface area contributed by atoms with E-state index < -0.39 is 0 Å². The van der Waals surface area contributed by atoms with E-state index in [1.165, 1.54) is 0 Å². The number of carbonyl (C=O) groups is 1. The van der Waals surface area contributed by atoms with Crippen molar-refractivity contribution in [3.05, 3.63) is 0 Å². The molecule has 0 aliphatic rings. The van der Waals surface area contributed by atoms with Crippen LogP contribution < -0.4 is 0 Å². The lowest BCUT2D eigenvalue weighted by Crippen LogP contribution is -2.00. The van der Waals surface area contributed by atoms with Gasteiger partial charge in [-0.1, -0.05) is 20.3 Å². The summed E-state index contributed by atoms with van der Waals surface area (Å²) in [6, 6.07) is 0. The molecule has 0 amide bonds. The molecule has 0 aromatic carbocycles. The quantitative estimate of drug-likeness (QED) is 0.535. The molecule has 0 atom stereocenters. The second-order valence-electron chi connectivity index (χ2n) is 3.99. The molecule has 0 heterocycles. The van der Waals surface area contributed by atoms with Crippen molar-refractivity contribution in [1.82, 2.24) is 0 Å². The second-order valence-corrected chi connectivity index (χ2v) is 3.99. The maximum absolute atomic E-state index is 11.2. The first-order valence-electron chi connectivity index (χ1n) is 5.26. The van der Waals surface area contributed by atoms with Crippen molar-refractivity contribution in [2.24, 2.45) is 5.92 Å². The lowest BCUT2D eigenvalue weighted by molar-refractivity contribution is -0.119. The highest BCUT2D eigenvalue weighted by Gasteiger charge is 2.03. The molecule has 0 unspecified atom stereocenters. The Morgan fingerprint density at radius 3 is 2.31 bits per heavy atom. The van der Waals surface area contributed by atoms with Crippen LogP contribution in [0.2, 0.25) is 0 Å². The van der Waals surface area contributed by atoms with Crippen molar-refractivity contribution >= 4 is 5.78 Å². The molecule has 2 nitrogen and oxygen atoms in total. The molecular weight excluding hydrogens is 164 g/mol. The zero-order valence-electron chi connectivity index (χ0n) is 8.84. The van der Waals surface area contributed by atoms with Crippen molar-refractivity contribution in [1.29, 1.82) is 0 Å². The fourth-order valence-corrected chi connectivity index (χ4v) is 1.18. The van der Waals surface area contributed by atoms with E-state index in [1.54, 1.807) is 0 Å². The Balaban J connectivity index is 3.20. The van der Waals surface area contributed by atoms with Crippen molar-refractivity contribution in [2.75, 3.05) is 6.61 Å². The summed E-state index contributed by atoms with van der Waals surface area (Å²) in [4.78, 5) is 11.2. The molecule has 1 radical (unpaired) electrons. The summed E-state index contributed by atoms with van der Waals surface area (Å²) in [7, 11) is 0. The highest BCUT2D eigenvalue weighted by molar-refractivity contribution is 5.78. The van der Waals surface area contributed by atoms with Gasteiger partial charge >= 0.3 is 0 Å². The SMILES string of the molecule is CC(C)CCC(=O)CCCCC[O]. The fraction of sp³-hybridized carbons (Fsp3) is 0.909. The second kappa shape index (κ2) is 8.24. The minimum atomic E-state index is 0.000183. The maximum Gasteiger partial charge on any atom is 0.132 e. The predicted octanol–water partition coefficient (Wildman–Crippen LogP) is 2.98. The number of Topliss-reactive ketones (excluding diaryl/α,β-unsaturated/α-hetero) is 1. The van der Waals surface area contributed by atoms with Gasteiger partial charge in [0.05, 0.1) is 6.61 Å². The van der Waals surface area contributed by atoms with E-state index in [0.717, 1.165) is 32.1 Å². The number of carbonyl (C=O) groups excluding carboxylic acids is 1. The Hall–Kier alpha value is -0.370. The molecule has 0 aliphatic heterocycles. The van der Waals surface area contributed by atoms with E-state index in [-0.39, 0.29) is 6.61 Å². The third-order valence-corrected chi connectivity index (χ3v) is 2.10. The Labute approximate surface area is 81.3 Å². The van der Waals surface area contributed by atoms with Crippen LogP contribution in [0.4, 0.5) is 0 Å². The molecule has 77 valence electrons. The van der Waals surface area contributed by atoms with Crippen molar-refractivity contribution in [3.63, 3.8) is 0 Å². The average Bonchev–Trinajstić information content (AvgIpc) is 2.09. The summed E-state index contributed by atoms with van der Waals surface area (Å²) in [6.07, 6.45) is 4.93. The Morgan fingerprint density at radius 2 is 1.77 bits per heavy atom. The number of ketones is 1. The van der Waals surface area contributed by atoms with Gasteiger partial charge in [0.15, 0.2) is 0 Å². The minimum absolute atomic E-state index is 0.000183. The first kappa shape index (κ1) is 12.6. The summed E-state index contributed by atoms with van der Waals surface area (Å²) in [5.74, 6) is 0.977. The number of hydrogen-bond acceptors (Lipinski definition) is 1. The molecule has 0 bridgehead atoms. The molecule has 0 saturated carbocycles. The number of hydrogen-bond donors (Lipinski definition) is 0. The van der Waals surface area contributed by atoms with Crippen LogP contribution >= 0.6 is 0 Å². The third-order valence-electron chi connectivity index (χ3n) is 2.10. The number of unbranched alkanes of at least 4 members (excludes halogenated alkanes) is 2. The topological polar surface area (TPSA) is 37.0 Å². The van der Waals surface area contributed by atoms with Crippen LogP contribution in [0.1, 0.15) is 52.4 Å². The van der Waals surface area contributed by atoms with Crippen LogP contribution in [0.5, 0.6) is 0 Å². The zero-order valence-corrected chi connectivity index (χ0v) is 8.84. The van der Waals surface area contributed by atoms with Gasteiger partial charge in [0.25, 0.3) is 0 Å². The molecule has 0 saturated heterocycles. The van der Waals surface area contributed by atoms with Crippen LogP contribution in [0, 0.1) is 5.92 Å². The third kappa shape index (κ3) is 9.54. The first-order chi connectivity index (χ1) is 6.16. The van der Waals surface area contributed by atoms with Crippen LogP contribution in [-0.2, 0) is 9.90 Å². The monoisotopic (exact) mass is 185 g/mol. The van der Waals surface area contributed by atoms with Gasteiger partial charge < -0.3 is 0 Å². The van der Waals surface area contributed by atoms with Gasteiger partial charge in [-0.3, -0.25) is 4.79 Å². The standard InChI is InChI=1S/C11H21O2/c1-10(2)7-8-11(13)6-4-3-5-9-12/h10H,3-9H2,1-2H3. The van der Waals surface area contributed by atoms with Crippen molar-refractivity contribution in [3.8, 4) is 0 Å². The van der Waals surface area contributed by atoms with E-state index in [1.807, 2.05) is 0 Å². The first-order valence-corrected chi connectivity index (χ1v) is 5.26. The highest BCUT2D eigenvalue weighted by Crippen LogP contribution is 2.08. The predicted molar refractivity (Wildman–Crippen MR) is 53.1 cm³/mol. The molecule has 0 N–H and O–H groups in total. The fourth-order valence-electron chi connectivity index (χ4n) is 1.18. The van der Waals surface area contributed by atoms with E-state index in [2.05, 4.69) is 13.8 Å². The zero-order chi connectivity index (χ0) is 10.1. The van der Waals surface area contributed by atoms with Crippen LogP contribution in [0.15, 0.2) is 0 Å². The normalized spacial score (nSPS) is 10.8. The molecular formula is C11H21O2. The summed E-state index contributed by atoms with van der Waals surface area (Å²) in [6.45, 7) is 4.26. The molecule has 0 aromatic rings.